The Morgan fingerprint density at radius 2 is 1.76 bits per heavy atom. The average molecular weight is 367 g/mol. The lowest BCUT2D eigenvalue weighted by Crippen LogP contribution is -2.18. The van der Waals surface area contributed by atoms with Crippen LogP contribution in [0.4, 0.5) is 8.78 Å². The van der Waals surface area contributed by atoms with Crippen LogP contribution in [-0.2, 0) is 10.0 Å². The van der Waals surface area contributed by atoms with Gasteiger partial charge in [0.05, 0.1) is 4.90 Å². The molecule has 0 saturated heterocycles. The van der Waals surface area contributed by atoms with Crippen molar-refractivity contribution in [2.75, 3.05) is 7.05 Å². The molecule has 0 bridgehead atoms. The summed E-state index contributed by atoms with van der Waals surface area (Å²) in [6.07, 6.45) is 2.56. The van der Waals surface area contributed by atoms with E-state index in [2.05, 4.69) is 9.46 Å². The lowest BCUT2D eigenvalue weighted by molar-refractivity contribution is -0.0499. The van der Waals surface area contributed by atoms with Crippen LogP contribution in [0, 0.1) is 0 Å². The molecule has 132 valence electrons. The zero-order valence-electron chi connectivity index (χ0n) is 13.1. The summed E-state index contributed by atoms with van der Waals surface area (Å²) < 4.78 is 54.5. The number of nitrogens with one attached hydrogen (secondary N) is 1. The molecule has 0 heterocycles. The molecule has 25 heavy (non-hydrogen) atoms. The van der Waals surface area contributed by atoms with E-state index in [1.807, 2.05) is 0 Å². The first-order valence-electron chi connectivity index (χ1n) is 7.13. The van der Waals surface area contributed by atoms with E-state index in [1.165, 1.54) is 61.7 Å². The number of allylic oxidation sites excluding steroid dienone is 1. The van der Waals surface area contributed by atoms with Gasteiger partial charge in [0.25, 0.3) is 0 Å². The smallest absolute Gasteiger partial charge is 0.387 e. The van der Waals surface area contributed by atoms with Crippen LogP contribution in [0.2, 0.25) is 0 Å². The molecule has 0 atom stereocenters. The minimum atomic E-state index is -3.58. The summed E-state index contributed by atoms with van der Waals surface area (Å²) in [5.41, 5.74) is 0.587. The molecular formula is C17H15F2NO4S. The number of ether oxygens (including phenoxy) is 1. The van der Waals surface area contributed by atoms with Crippen LogP contribution in [-0.4, -0.2) is 27.9 Å². The predicted octanol–water partition coefficient (Wildman–Crippen LogP) is 3.09. The van der Waals surface area contributed by atoms with Gasteiger partial charge in [0.15, 0.2) is 5.78 Å². The van der Waals surface area contributed by atoms with Gasteiger partial charge in [-0.05, 0) is 49.5 Å². The van der Waals surface area contributed by atoms with Crippen molar-refractivity contribution in [2.45, 2.75) is 11.5 Å². The van der Waals surface area contributed by atoms with Gasteiger partial charge < -0.3 is 4.74 Å². The Hall–Kier alpha value is -2.58. The normalized spacial score (nSPS) is 11.8. The van der Waals surface area contributed by atoms with Crippen molar-refractivity contribution in [1.29, 1.82) is 0 Å². The molecule has 0 radical (unpaired) electrons. The maximum atomic E-state index is 12.4. The highest BCUT2D eigenvalue weighted by Gasteiger charge is 2.12. The molecule has 2 aromatic rings. The average Bonchev–Trinajstić information content (AvgIpc) is 2.60. The predicted molar refractivity (Wildman–Crippen MR) is 89.1 cm³/mol. The van der Waals surface area contributed by atoms with Gasteiger partial charge in [-0.1, -0.05) is 18.2 Å². The van der Waals surface area contributed by atoms with Crippen molar-refractivity contribution >= 4 is 21.9 Å². The SMILES string of the molecule is CNS(=O)(=O)c1ccc(C(=O)/C=C/c2ccccc2OC(F)F)cc1. The van der Waals surface area contributed by atoms with Crippen LogP contribution in [0.25, 0.3) is 6.08 Å². The number of halogens is 2. The Kier molecular flexibility index (Phi) is 6.00. The molecule has 0 aliphatic carbocycles. The number of rotatable bonds is 7. The first-order valence-corrected chi connectivity index (χ1v) is 8.61. The molecular weight excluding hydrogens is 352 g/mol. The number of para-hydroxylation sites is 1. The van der Waals surface area contributed by atoms with Crippen LogP contribution in [0.3, 0.4) is 0 Å². The van der Waals surface area contributed by atoms with Crippen LogP contribution >= 0.6 is 0 Å². The van der Waals surface area contributed by atoms with Gasteiger partial charge in [0.2, 0.25) is 10.0 Å². The standard InChI is InChI=1S/C17H15F2NO4S/c1-20-25(22,23)14-9-6-12(7-10-14)15(21)11-8-13-4-2-3-5-16(13)24-17(18)19/h2-11,17,20H,1H3/b11-8+. The fourth-order valence-electron chi connectivity index (χ4n) is 2.00. The summed E-state index contributed by atoms with van der Waals surface area (Å²) in [6, 6.07) is 11.4. The topological polar surface area (TPSA) is 72.5 Å². The number of ketones is 1. The van der Waals surface area contributed by atoms with Gasteiger partial charge in [0.1, 0.15) is 5.75 Å². The van der Waals surface area contributed by atoms with E-state index < -0.39 is 22.4 Å². The number of hydrogen-bond donors (Lipinski definition) is 1. The van der Waals surface area contributed by atoms with Gasteiger partial charge in [-0.15, -0.1) is 0 Å². The molecule has 8 heteroatoms. The van der Waals surface area contributed by atoms with Gasteiger partial charge >= 0.3 is 6.61 Å². The maximum Gasteiger partial charge on any atom is 0.387 e. The molecule has 1 N–H and O–H groups in total. The van der Waals surface area contributed by atoms with Crippen molar-refractivity contribution in [1.82, 2.24) is 4.72 Å². The Morgan fingerprint density at radius 1 is 1.12 bits per heavy atom. The zero-order chi connectivity index (χ0) is 18.4. The summed E-state index contributed by atoms with van der Waals surface area (Å²) >= 11 is 0. The van der Waals surface area contributed by atoms with Crippen LogP contribution in [0.5, 0.6) is 5.75 Å². The summed E-state index contributed by atoms with van der Waals surface area (Å²) in [5.74, 6) is -0.447. The second kappa shape index (κ2) is 8.00. The third kappa shape index (κ3) is 4.94. The summed E-state index contributed by atoms with van der Waals surface area (Å²) in [4.78, 5) is 12.2. The Labute approximate surface area is 144 Å². The zero-order valence-corrected chi connectivity index (χ0v) is 14.0. The van der Waals surface area contributed by atoms with Gasteiger partial charge in [-0.2, -0.15) is 8.78 Å². The minimum Gasteiger partial charge on any atom is -0.434 e. The molecule has 0 amide bonds. The summed E-state index contributed by atoms with van der Waals surface area (Å²) in [5, 5.41) is 0. The fourth-order valence-corrected chi connectivity index (χ4v) is 2.73. The van der Waals surface area contributed by atoms with Crippen molar-refractivity contribution < 1.29 is 26.7 Å². The number of alkyl halides is 2. The lowest BCUT2D eigenvalue weighted by atomic mass is 10.1. The molecule has 0 spiro atoms. The van der Waals surface area contributed by atoms with E-state index in [4.69, 9.17) is 0 Å². The Morgan fingerprint density at radius 3 is 2.36 bits per heavy atom. The van der Waals surface area contributed by atoms with Gasteiger partial charge in [-0.25, -0.2) is 13.1 Å². The maximum absolute atomic E-state index is 12.4. The molecule has 0 saturated carbocycles. The van der Waals surface area contributed by atoms with Crippen molar-refractivity contribution in [3.05, 3.63) is 65.7 Å². The van der Waals surface area contributed by atoms with E-state index in [1.54, 1.807) is 6.07 Å². The van der Waals surface area contributed by atoms with Crippen molar-refractivity contribution in [2.24, 2.45) is 0 Å². The summed E-state index contributed by atoms with van der Waals surface area (Å²) in [6.45, 7) is -2.97. The molecule has 0 aromatic heterocycles. The van der Waals surface area contributed by atoms with Crippen LogP contribution < -0.4 is 9.46 Å². The highest BCUT2D eigenvalue weighted by atomic mass is 32.2. The highest BCUT2D eigenvalue weighted by Crippen LogP contribution is 2.22. The van der Waals surface area contributed by atoms with Gasteiger partial charge in [0, 0.05) is 11.1 Å². The lowest BCUT2D eigenvalue weighted by Gasteiger charge is -2.07. The van der Waals surface area contributed by atoms with Crippen LogP contribution in [0.15, 0.2) is 59.5 Å². The second-order valence-corrected chi connectivity index (χ2v) is 6.73. The fraction of sp³-hybridized carbons (Fsp3) is 0.118. The monoisotopic (exact) mass is 367 g/mol. The minimum absolute atomic E-state index is 0.0335. The third-order valence-corrected chi connectivity index (χ3v) is 4.70. The van der Waals surface area contributed by atoms with Gasteiger partial charge in [-0.3, -0.25) is 4.79 Å². The molecule has 0 fully saturated rings. The molecule has 0 aliphatic rings. The highest BCUT2D eigenvalue weighted by molar-refractivity contribution is 7.89. The van der Waals surface area contributed by atoms with E-state index in [-0.39, 0.29) is 16.2 Å². The number of benzene rings is 2. The number of carbonyl (C=O) groups excluding carboxylic acids is 1. The Balaban J connectivity index is 2.19. The third-order valence-electron chi connectivity index (χ3n) is 3.27. The first kappa shape index (κ1) is 18.8. The number of hydrogen-bond acceptors (Lipinski definition) is 4. The number of carbonyl (C=O) groups is 1. The van der Waals surface area contributed by atoms with Crippen molar-refractivity contribution in [3.63, 3.8) is 0 Å². The van der Waals surface area contributed by atoms with Crippen LogP contribution in [0.1, 0.15) is 15.9 Å². The molecule has 0 aliphatic heterocycles. The molecule has 2 aromatic carbocycles. The van der Waals surface area contributed by atoms with E-state index in [0.29, 0.717) is 5.56 Å². The Bertz CT molecular complexity index is 878. The van der Waals surface area contributed by atoms with E-state index >= 15 is 0 Å². The number of sulfonamides is 1. The second-order valence-electron chi connectivity index (χ2n) is 4.85. The first-order chi connectivity index (χ1) is 11.8. The molecule has 0 unspecified atom stereocenters. The quantitative estimate of drug-likeness (QED) is 0.603. The molecule has 5 nitrogen and oxygen atoms in total. The largest absolute Gasteiger partial charge is 0.434 e. The molecule has 2 rings (SSSR count). The van der Waals surface area contributed by atoms with E-state index in [0.717, 1.165) is 0 Å². The van der Waals surface area contributed by atoms with E-state index in [9.17, 15) is 22.0 Å². The summed E-state index contributed by atoms with van der Waals surface area (Å²) in [7, 11) is -2.29. The van der Waals surface area contributed by atoms with Crippen molar-refractivity contribution in [3.8, 4) is 5.75 Å².